The largest absolute Gasteiger partial charge is 0.337 e. The van der Waals surface area contributed by atoms with Crippen LogP contribution in [0, 0.1) is 0 Å². The molecule has 0 aliphatic carbocycles. The molecule has 13 heavy (non-hydrogen) atoms. The molecule has 0 radical (unpaired) electrons. The molecule has 0 heterocycles. The minimum atomic E-state index is -0.114. The number of amides is 1. The third-order valence-corrected chi connectivity index (χ3v) is 4.00. The van der Waals surface area contributed by atoms with E-state index in [0.29, 0.717) is 5.33 Å². The van der Waals surface area contributed by atoms with Crippen molar-refractivity contribution < 1.29 is 4.79 Å². The highest BCUT2D eigenvalue weighted by atomic mass is 79.9. The van der Waals surface area contributed by atoms with Gasteiger partial charge < -0.3 is 4.90 Å². The van der Waals surface area contributed by atoms with Crippen LogP contribution in [0.1, 0.15) is 27.7 Å². The Balaban J connectivity index is 4.46. The maximum atomic E-state index is 11.8. The molecule has 0 saturated heterocycles. The van der Waals surface area contributed by atoms with E-state index in [4.69, 9.17) is 0 Å². The lowest BCUT2D eigenvalue weighted by Crippen LogP contribution is -2.46. The Labute approximate surface area is 97.3 Å². The van der Waals surface area contributed by atoms with E-state index in [1.165, 1.54) is 0 Å². The molecule has 0 fully saturated rings. The van der Waals surface area contributed by atoms with Gasteiger partial charge >= 0.3 is 0 Å². The van der Waals surface area contributed by atoms with E-state index < -0.39 is 0 Å². The summed E-state index contributed by atoms with van der Waals surface area (Å²) in [6, 6.07) is 0.512. The standard InChI is InChI=1S/C9H17Br2NO/c1-6(2)12(7(3)4)9(13)8(11)5-10/h6-8H,5H2,1-4H3/t8-/m1/s1. The van der Waals surface area contributed by atoms with Gasteiger partial charge in [-0.15, -0.1) is 0 Å². The van der Waals surface area contributed by atoms with Crippen molar-refractivity contribution in [2.75, 3.05) is 5.33 Å². The van der Waals surface area contributed by atoms with Crippen molar-refractivity contribution in [3.8, 4) is 0 Å². The minimum absolute atomic E-state index is 0.114. The van der Waals surface area contributed by atoms with Crippen LogP contribution in [0.15, 0.2) is 0 Å². The van der Waals surface area contributed by atoms with Gasteiger partial charge in [-0.3, -0.25) is 4.79 Å². The Morgan fingerprint density at radius 3 is 1.85 bits per heavy atom. The van der Waals surface area contributed by atoms with E-state index in [9.17, 15) is 4.79 Å². The van der Waals surface area contributed by atoms with Crippen LogP contribution in [0.4, 0.5) is 0 Å². The van der Waals surface area contributed by atoms with Crippen molar-refractivity contribution in [2.45, 2.75) is 44.6 Å². The molecule has 0 spiro atoms. The molecule has 0 unspecified atom stereocenters. The van der Waals surface area contributed by atoms with E-state index in [2.05, 4.69) is 31.9 Å². The Hall–Kier alpha value is 0.430. The second kappa shape index (κ2) is 6.02. The SMILES string of the molecule is CC(C)N(C(=O)[C@H](Br)CBr)C(C)C. The van der Waals surface area contributed by atoms with Gasteiger partial charge in [-0.05, 0) is 27.7 Å². The molecule has 0 saturated carbocycles. The molecule has 0 aliphatic rings. The molecule has 0 rings (SSSR count). The van der Waals surface area contributed by atoms with Gasteiger partial charge in [0.25, 0.3) is 0 Å². The molecule has 78 valence electrons. The van der Waals surface area contributed by atoms with Crippen molar-refractivity contribution in [3.63, 3.8) is 0 Å². The Morgan fingerprint density at radius 1 is 1.23 bits per heavy atom. The van der Waals surface area contributed by atoms with Gasteiger partial charge in [0, 0.05) is 17.4 Å². The lowest BCUT2D eigenvalue weighted by atomic mass is 10.2. The highest BCUT2D eigenvalue weighted by Crippen LogP contribution is 2.13. The van der Waals surface area contributed by atoms with E-state index in [1.807, 2.05) is 32.6 Å². The van der Waals surface area contributed by atoms with E-state index >= 15 is 0 Å². The first kappa shape index (κ1) is 13.4. The van der Waals surface area contributed by atoms with E-state index in [0.717, 1.165) is 0 Å². The summed E-state index contributed by atoms with van der Waals surface area (Å²) in [6.07, 6.45) is 0. The number of nitrogens with zero attached hydrogens (tertiary/aromatic N) is 1. The van der Waals surface area contributed by atoms with Crippen LogP contribution >= 0.6 is 31.9 Å². The van der Waals surface area contributed by atoms with Crippen molar-refractivity contribution in [2.24, 2.45) is 0 Å². The predicted octanol–water partition coefficient (Wildman–Crippen LogP) is 2.79. The fourth-order valence-corrected chi connectivity index (χ4v) is 1.85. The molecule has 1 amide bonds. The lowest BCUT2D eigenvalue weighted by molar-refractivity contribution is -0.133. The van der Waals surface area contributed by atoms with Gasteiger partial charge in [-0.2, -0.15) is 0 Å². The normalized spacial score (nSPS) is 13.5. The fourth-order valence-electron chi connectivity index (χ4n) is 1.33. The molecule has 4 heteroatoms. The summed E-state index contributed by atoms with van der Waals surface area (Å²) in [4.78, 5) is 13.6. The van der Waals surface area contributed by atoms with Crippen LogP contribution in [-0.4, -0.2) is 33.0 Å². The summed E-state index contributed by atoms with van der Waals surface area (Å²) in [5.74, 6) is 0.155. The average molecular weight is 315 g/mol. The molecule has 2 nitrogen and oxygen atoms in total. The number of rotatable bonds is 4. The fraction of sp³-hybridized carbons (Fsp3) is 0.889. The summed E-state index contributed by atoms with van der Waals surface area (Å²) in [6.45, 7) is 8.13. The Kier molecular flexibility index (Phi) is 6.21. The first-order chi connectivity index (χ1) is 5.91. The molecule has 0 aromatic heterocycles. The summed E-state index contributed by atoms with van der Waals surface area (Å²) in [5.41, 5.74) is 0. The van der Waals surface area contributed by atoms with Gasteiger partial charge in [0.15, 0.2) is 0 Å². The number of halogens is 2. The number of alkyl halides is 2. The highest BCUT2D eigenvalue weighted by molar-refractivity contribution is 9.12. The van der Waals surface area contributed by atoms with Gasteiger partial charge in [-0.1, -0.05) is 31.9 Å². The van der Waals surface area contributed by atoms with Crippen LogP contribution in [0.3, 0.4) is 0 Å². The van der Waals surface area contributed by atoms with Crippen molar-refractivity contribution >= 4 is 37.8 Å². The van der Waals surface area contributed by atoms with Crippen LogP contribution in [-0.2, 0) is 4.79 Å². The number of hydrogen-bond donors (Lipinski definition) is 0. The van der Waals surface area contributed by atoms with Gasteiger partial charge in [-0.25, -0.2) is 0 Å². The van der Waals surface area contributed by atoms with Crippen molar-refractivity contribution in [1.82, 2.24) is 4.90 Å². The molecule has 1 atom stereocenters. The number of hydrogen-bond acceptors (Lipinski definition) is 1. The Bertz CT molecular complexity index is 163. The van der Waals surface area contributed by atoms with E-state index in [-0.39, 0.29) is 22.8 Å². The maximum absolute atomic E-state index is 11.8. The molecule has 0 aromatic carbocycles. The summed E-state index contributed by atoms with van der Waals surface area (Å²) in [7, 11) is 0. The smallest absolute Gasteiger partial charge is 0.237 e. The Morgan fingerprint density at radius 2 is 1.62 bits per heavy atom. The second-order valence-corrected chi connectivity index (χ2v) is 5.31. The third kappa shape index (κ3) is 3.98. The van der Waals surface area contributed by atoms with Gasteiger partial charge in [0.1, 0.15) is 4.83 Å². The van der Waals surface area contributed by atoms with E-state index in [1.54, 1.807) is 0 Å². The highest BCUT2D eigenvalue weighted by Gasteiger charge is 2.25. The number of carbonyl (C=O) groups excluding carboxylic acids is 1. The van der Waals surface area contributed by atoms with Gasteiger partial charge in [0.2, 0.25) is 5.91 Å². The topological polar surface area (TPSA) is 20.3 Å². The first-order valence-corrected chi connectivity index (χ1v) is 6.47. The zero-order chi connectivity index (χ0) is 10.6. The predicted molar refractivity (Wildman–Crippen MR) is 63.6 cm³/mol. The molecular formula is C9H17Br2NO. The first-order valence-electron chi connectivity index (χ1n) is 4.44. The van der Waals surface area contributed by atoms with Crippen molar-refractivity contribution in [1.29, 1.82) is 0 Å². The molecule has 0 aromatic rings. The quantitative estimate of drug-likeness (QED) is 0.731. The molecular weight excluding hydrogens is 298 g/mol. The maximum Gasteiger partial charge on any atom is 0.237 e. The zero-order valence-electron chi connectivity index (χ0n) is 8.55. The van der Waals surface area contributed by atoms with Crippen LogP contribution in [0.25, 0.3) is 0 Å². The monoisotopic (exact) mass is 313 g/mol. The average Bonchev–Trinajstić information content (AvgIpc) is 2.01. The second-order valence-electron chi connectivity index (χ2n) is 3.55. The third-order valence-electron chi connectivity index (χ3n) is 1.77. The summed E-state index contributed by atoms with van der Waals surface area (Å²) in [5, 5.41) is 0.655. The van der Waals surface area contributed by atoms with Crippen LogP contribution in [0.2, 0.25) is 0 Å². The lowest BCUT2D eigenvalue weighted by Gasteiger charge is -2.32. The molecule has 0 bridgehead atoms. The summed E-state index contributed by atoms with van der Waals surface area (Å²) >= 11 is 6.63. The minimum Gasteiger partial charge on any atom is -0.337 e. The summed E-state index contributed by atoms with van der Waals surface area (Å²) < 4.78 is 0. The molecule has 0 aliphatic heterocycles. The van der Waals surface area contributed by atoms with Crippen molar-refractivity contribution in [3.05, 3.63) is 0 Å². The van der Waals surface area contributed by atoms with Gasteiger partial charge in [0.05, 0.1) is 0 Å². The molecule has 0 N–H and O–H groups in total. The zero-order valence-corrected chi connectivity index (χ0v) is 11.7. The van der Waals surface area contributed by atoms with Crippen LogP contribution < -0.4 is 0 Å². The number of carbonyl (C=O) groups is 1. The van der Waals surface area contributed by atoms with Crippen LogP contribution in [0.5, 0.6) is 0 Å².